The van der Waals surface area contributed by atoms with Crippen LogP contribution in [0.3, 0.4) is 0 Å². The van der Waals surface area contributed by atoms with E-state index in [0.29, 0.717) is 30.0 Å². The highest BCUT2D eigenvalue weighted by atomic mass is 28.4. The third kappa shape index (κ3) is 2.35. The van der Waals surface area contributed by atoms with Gasteiger partial charge in [-0.2, -0.15) is 0 Å². The van der Waals surface area contributed by atoms with Crippen molar-refractivity contribution < 1.29 is 9.16 Å². The summed E-state index contributed by atoms with van der Waals surface area (Å²) < 4.78 is 13.6. The highest BCUT2D eigenvalue weighted by molar-refractivity contribution is 6.74. The molecule has 0 amide bonds. The molecule has 126 valence electrons. The van der Waals surface area contributed by atoms with Gasteiger partial charge in [0.2, 0.25) is 0 Å². The lowest BCUT2D eigenvalue weighted by molar-refractivity contribution is -0.190. The van der Waals surface area contributed by atoms with Crippen LogP contribution in [0.5, 0.6) is 0 Å². The van der Waals surface area contributed by atoms with Gasteiger partial charge in [0.1, 0.15) is 0 Å². The Labute approximate surface area is 137 Å². The first-order valence-corrected chi connectivity index (χ1v) is 12.0. The van der Waals surface area contributed by atoms with Crippen molar-refractivity contribution in [2.75, 3.05) is 0 Å². The highest BCUT2D eigenvalue weighted by Gasteiger charge is 2.61. The molecule has 0 aromatic rings. The van der Waals surface area contributed by atoms with E-state index < -0.39 is 8.32 Å². The van der Waals surface area contributed by atoms with E-state index in [1.54, 1.807) is 0 Å². The van der Waals surface area contributed by atoms with Gasteiger partial charge >= 0.3 is 0 Å². The summed E-state index contributed by atoms with van der Waals surface area (Å²) >= 11 is 0. The van der Waals surface area contributed by atoms with E-state index in [1.807, 2.05) is 0 Å². The smallest absolute Gasteiger partial charge is 0.192 e. The van der Waals surface area contributed by atoms with Gasteiger partial charge in [-0.15, -0.1) is 0 Å². The van der Waals surface area contributed by atoms with E-state index in [4.69, 9.17) is 9.16 Å². The van der Waals surface area contributed by atoms with Crippen LogP contribution < -0.4 is 0 Å². The molecule has 0 aromatic heterocycles. The Hall–Kier alpha value is -0.123. The van der Waals surface area contributed by atoms with Gasteiger partial charge in [0, 0.05) is 17.8 Å². The third-order valence-electron chi connectivity index (χ3n) is 7.16. The number of ether oxygens (including phenoxy) is 1. The van der Waals surface area contributed by atoms with Crippen molar-refractivity contribution in [3.63, 3.8) is 0 Å². The summed E-state index contributed by atoms with van der Waals surface area (Å²) in [7, 11) is -1.74. The summed E-state index contributed by atoms with van der Waals surface area (Å²) in [6, 6.07) is 0. The molecule has 6 atom stereocenters. The lowest BCUT2D eigenvalue weighted by atomic mass is 9.70. The predicted molar refractivity (Wildman–Crippen MR) is 94.5 cm³/mol. The second-order valence-electron chi connectivity index (χ2n) is 9.41. The van der Waals surface area contributed by atoms with Gasteiger partial charge in [0.15, 0.2) is 8.32 Å². The molecule has 2 saturated heterocycles. The van der Waals surface area contributed by atoms with Crippen LogP contribution in [0.15, 0.2) is 12.2 Å². The molecule has 2 bridgehead atoms. The van der Waals surface area contributed by atoms with Crippen molar-refractivity contribution in [3.8, 4) is 0 Å². The molecule has 3 heteroatoms. The zero-order valence-electron chi connectivity index (χ0n) is 15.5. The normalized spacial score (nSPS) is 45.0. The second-order valence-corrected chi connectivity index (χ2v) is 14.2. The Balaban J connectivity index is 1.89. The standard InChI is InChI=1S/C19H34O2Si/c1-13-16-12-15-10-8-9-11-19(15,20-16)14(2)17(13)21-22(6,7)18(3,4)5/h8,10,13-17H,9,11-12H2,1-7H3/t13-,14-,15-,16+,17-,19+/m0/s1. The molecule has 0 N–H and O–H groups in total. The van der Waals surface area contributed by atoms with Gasteiger partial charge in [-0.25, -0.2) is 0 Å². The van der Waals surface area contributed by atoms with Gasteiger partial charge in [0.25, 0.3) is 0 Å². The molecule has 2 nitrogen and oxygen atoms in total. The van der Waals surface area contributed by atoms with Gasteiger partial charge in [-0.05, 0) is 37.4 Å². The van der Waals surface area contributed by atoms with E-state index in [0.717, 1.165) is 6.42 Å². The lowest BCUT2D eigenvalue weighted by Crippen LogP contribution is -2.58. The van der Waals surface area contributed by atoms with E-state index in [9.17, 15) is 0 Å². The molecular formula is C19H34O2Si. The summed E-state index contributed by atoms with van der Waals surface area (Å²) in [6.45, 7) is 16.5. The predicted octanol–water partition coefficient (Wildman–Crippen LogP) is 5.16. The van der Waals surface area contributed by atoms with Crippen LogP contribution in [0, 0.1) is 17.8 Å². The first kappa shape index (κ1) is 16.7. The maximum absolute atomic E-state index is 6.93. The molecule has 3 aliphatic rings. The van der Waals surface area contributed by atoms with Crippen LogP contribution >= 0.6 is 0 Å². The summed E-state index contributed by atoms with van der Waals surface area (Å²) in [5, 5.41) is 0.271. The molecule has 0 radical (unpaired) electrons. The lowest BCUT2D eigenvalue weighted by Gasteiger charge is -2.52. The molecule has 2 aliphatic heterocycles. The first-order valence-electron chi connectivity index (χ1n) is 9.11. The molecule has 22 heavy (non-hydrogen) atoms. The average molecular weight is 323 g/mol. The van der Waals surface area contributed by atoms with Crippen LogP contribution in [0.1, 0.15) is 53.9 Å². The largest absolute Gasteiger partial charge is 0.413 e. The van der Waals surface area contributed by atoms with Gasteiger partial charge < -0.3 is 9.16 Å². The zero-order valence-corrected chi connectivity index (χ0v) is 16.5. The van der Waals surface area contributed by atoms with Crippen molar-refractivity contribution >= 4 is 8.32 Å². The van der Waals surface area contributed by atoms with Crippen molar-refractivity contribution in [3.05, 3.63) is 12.2 Å². The van der Waals surface area contributed by atoms with Crippen molar-refractivity contribution in [1.82, 2.24) is 0 Å². The van der Waals surface area contributed by atoms with Crippen LogP contribution in [0.2, 0.25) is 18.1 Å². The third-order valence-corrected chi connectivity index (χ3v) is 11.6. The van der Waals surface area contributed by atoms with Gasteiger partial charge in [-0.1, -0.05) is 46.8 Å². The molecule has 0 saturated carbocycles. The minimum atomic E-state index is -1.74. The molecule has 0 aromatic carbocycles. The molecule has 2 fully saturated rings. The van der Waals surface area contributed by atoms with E-state index in [2.05, 4.69) is 59.9 Å². The Kier molecular flexibility index (Phi) is 3.94. The Morgan fingerprint density at radius 3 is 2.55 bits per heavy atom. The number of allylic oxidation sites excluding steroid dienone is 1. The SMILES string of the molecule is C[C@@H]1[C@H](O[Si](C)(C)C(C)(C)C)[C@H](C)[C@]23CCC=C[C@H]2C[C@H]1O3. The first-order chi connectivity index (χ1) is 10.1. The minimum Gasteiger partial charge on any atom is -0.413 e. The van der Waals surface area contributed by atoms with Crippen molar-refractivity contribution in [2.45, 2.75) is 89.8 Å². The fourth-order valence-corrected chi connectivity index (χ4v) is 6.04. The van der Waals surface area contributed by atoms with E-state index in [-0.39, 0.29) is 10.6 Å². The number of rotatable bonds is 2. The topological polar surface area (TPSA) is 18.5 Å². The number of fused-ring (bicyclic) bond motifs is 1. The number of hydrogen-bond donors (Lipinski definition) is 0. The van der Waals surface area contributed by atoms with Gasteiger partial charge in [-0.3, -0.25) is 0 Å². The molecule has 2 heterocycles. The molecule has 0 unspecified atom stereocenters. The Bertz CT molecular complexity index is 465. The summed E-state index contributed by atoms with van der Waals surface area (Å²) in [5.74, 6) is 1.61. The minimum absolute atomic E-state index is 0.0545. The fraction of sp³-hybridized carbons (Fsp3) is 0.895. The van der Waals surface area contributed by atoms with Crippen LogP contribution in [-0.2, 0) is 9.16 Å². The molecule has 1 spiro atoms. The molecular weight excluding hydrogens is 288 g/mol. The zero-order chi connectivity index (χ0) is 16.3. The van der Waals surface area contributed by atoms with Crippen molar-refractivity contribution in [2.24, 2.45) is 17.8 Å². The summed E-state index contributed by atoms with van der Waals surface area (Å²) in [5.41, 5.74) is 0.0545. The average Bonchev–Trinajstić information content (AvgIpc) is 2.78. The monoisotopic (exact) mass is 322 g/mol. The van der Waals surface area contributed by atoms with E-state index in [1.165, 1.54) is 12.8 Å². The van der Waals surface area contributed by atoms with Crippen LogP contribution in [0.25, 0.3) is 0 Å². The van der Waals surface area contributed by atoms with Crippen molar-refractivity contribution in [1.29, 1.82) is 0 Å². The Morgan fingerprint density at radius 1 is 1.23 bits per heavy atom. The summed E-state index contributed by atoms with van der Waals surface area (Å²) in [4.78, 5) is 0. The van der Waals surface area contributed by atoms with Crippen LogP contribution in [0.4, 0.5) is 0 Å². The Morgan fingerprint density at radius 2 is 1.91 bits per heavy atom. The van der Waals surface area contributed by atoms with E-state index >= 15 is 0 Å². The maximum Gasteiger partial charge on any atom is 0.192 e. The second kappa shape index (κ2) is 5.19. The molecule has 3 rings (SSSR count). The molecule has 1 aliphatic carbocycles. The summed E-state index contributed by atoms with van der Waals surface area (Å²) in [6.07, 6.45) is 9.07. The quantitative estimate of drug-likeness (QED) is 0.516. The van der Waals surface area contributed by atoms with Gasteiger partial charge in [0.05, 0.1) is 17.8 Å². The maximum atomic E-state index is 6.93. The number of hydrogen-bond acceptors (Lipinski definition) is 2. The van der Waals surface area contributed by atoms with Crippen LogP contribution in [-0.4, -0.2) is 26.1 Å². The highest BCUT2D eigenvalue weighted by Crippen LogP contribution is 2.56. The fourth-order valence-electron chi connectivity index (χ4n) is 4.59.